The number of alkyl halides is 1. The van der Waals surface area contributed by atoms with Gasteiger partial charge in [0.1, 0.15) is 0 Å². The molecule has 2 nitrogen and oxygen atoms in total. The van der Waals surface area contributed by atoms with Crippen molar-refractivity contribution < 1.29 is 4.79 Å². The molecule has 0 aliphatic rings. The van der Waals surface area contributed by atoms with Crippen molar-refractivity contribution in [3.05, 3.63) is 63.6 Å². The molecule has 4 heteroatoms. The van der Waals surface area contributed by atoms with Gasteiger partial charge in [-0.05, 0) is 35.9 Å². The fourth-order valence-corrected chi connectivity index (χ4v) is 2.18. The molecule has 0 saturated heterocycles. The van der Waals surface area contributed by atoms with Crippen LogP contribution in [-0.4, -0.2) is 5.78 Å². The van der Waals surface area contributed by atoms with Crippen LogP contribution in [0.4, 0.5) is 5.69 Å². The first-order valence-electron chi connectivity index (χ1n) is 5.37. The minimum absolute atomic E-state index is 0.0908. The van der Waals surface area contributed by atoms with Gasteiger partial charge >= 0.3 is 0 Å². The molecule has 0 atom stereocenters. The maximum absolute atomic E-state index is 12.3. The number of ketones is 1. The second kappa shape index (κ2) is 5.55. The second-order valence-electron chi connectivity index (χ2n) is 3.85. The molecule has 2 aromatic carbocycles. The van der Waals surface area contributed by atoms with Crippen molar-refractivity contribution >= 4 is 39.0 Å². The summed E-state index contributed by atoms with van der Waals surface area (Å²) < 4.78 is 0.932. The first-order chi connectivity index (χ1) is 8.63. The van der Waals surface area contributed by atoms with Gasteiger partial charge in [-0.2, -0.15) is 0 Å². The molecule has 18 heavy (non-hydrogen) atoms. The monoisotopic (exact) mass is 323 g/mol. The average molecular weight is 325 g/mol. The van der Waals surface area contributed by atoms with Gasteiger partial charge in [-0.15, -0.1) is 11.6 Å². The van der Waals surface area contributed by atoms with Crippen molar-refractivity contribution in [2.45, 2.75) is 5.88 Å². The zero-order chi connectivity index (χ0) is 13.1. The lowest BCUT2D eigenvalue weighted by Crippen LogP contribution is -2.07. The van der Waals surface area contributed by atoms with E-state index in [0.29, 0.717) is 22.7 Å². The van der Waals surface area contributed by atoms with Gasteiger partial charge in [0.2, 0.25) is 0 Å². The summed E-state index contributed by atoms with van der Waals surface area (Å²) in [5.41, 5.74) is 8.29. The third-order valence-electron chi connectivity index (χ3n) is 2.69. The molecule has 0 bridgehead atoms. The topological polar surface area (TPSA) is 43.1 Å². The third-order valence-corrected chi connectivity index (χ3v) is 3.51. The predicted molar refractivity (Wildman–Crippen MR) is 78.0 cm³/mol. The molecule has 2 aromatic rings. The third kappa shape index (κ3) is 2.57. The van der Waals surface area contributed by atoms with E-state index in [2.05, 4.69) is 15.9 Å². The van der Waals surface area contributed by atoms with E-state index in [0.717, 1.165) is 10.0 Å². The number of nitrogens with two attached hydrogens (primary N) is 1. The van der Waals surface area contributed by atoms with Crippen LogP contribution in [0.2, 0.25) is 0 Å². The van der Waals surface area contributed by atoms with Crippen LogP contribution >= 0.6 is 27.5 Å². The SMILES string of the molecule is Nc1c(CCl)cccc1C(=O)c1ccc(Br)cc1. The average Bonchev–Trinajstić information content (AvgIpc) is 2.39. The number of carbonyl (C=O) groups excluding carboxylic acids is 1. The minimum Gasteiger partial charge on any atom is -0.398 e. The molecule has 0 fully saturated rings. The van der Waals surface area contributed by atoms with Gasteiger partial charge in [0.05, 0.1) is 0 Å². The summed E-state index contributed by atoms with van der Waals surface area (Å²) >= 11 is 9.11. The quantitative estimate of drug-likeness (QED) is 0.527. The largest absolute Gasteiger partial charge is 0.398 e. The first kappa shape index (κ1) is 13.1. The van der Waals surface area contributed by atoms with Crippen LogP contribution in [0, 0.1) is 0 Å². The van der Waals surface area contributed by atoms with E-state index < -0.39 is 0 Å². The van der Waals surface area contributed by atoms with Crippen LogP contribution < -0.4 is 5.73 Å². The maximum Gasteiger partial charge on any atom is 0.195 e. The highest BCUT2D eigenvalue weighted by Gasteiger charge is 2.13. The lowest BCUT2D eigenvalue weighted by molar-refractivity contribution is 0.103. The molecule has 92 valence electrons. The summed E-state index contributed by atoms with van der Waals surface area (Å²) in [4.78, 5) is 12.3. The summed E-state index contributed by atoms with van der Waals surface area (Å²) in [5, 5.41) is 0. The Kier molecular flexibility index (Phi) is 4.04. The van der Waals surface area contributed by atoms with Crippen molar-refractivity contribution in [1.29, 1.82) is 0 Å². The Hall–Kier alpha value is -1.32. The van der Waals surface area contributed by atoms with Crippen LogP contribution in [-0.2, 0) is 5.88 Å². The Bertz CT molecular complexity index is 581. The van der Waals surface area contributed by atoms with Gasteiger partial charge in [0, 0.05) is 27.2 Å². The number of benzene rings is 2. The number of halogens is 2. The zero-order valence-corrected chi connectivity index (χ0v) is 11.8. The van der Waals surface area contributed by atoms with Crippen LogP contribution in [0.5, 0.6) is 0 Å². The van der Waals surface area contributed by atoms with Crippen LogP contribution in [0.1, 0.15) is 21.5 Å². The molecule has 0 heterocycles. The van der Waals surface area contributed by atoms with E-state index in [1.807, 2.05) is 18.2 Å². The summed E-state index contributed by atoms with van der Waals surface area (Å²) in [6, 6.07) is 12.5. The van der Waals surface area contributed by atoms with Gasteiger partial charge in [-0.25, -0.2) is 0 Å². The number of anilines is 1. The number of para-hydroxylation sites is 1. The Morgan fingerprint density at radius 3 is 2.44 bits per heavy atom. The van der Waals surface area contributed by atoms with Gasteiger partial charge in [0.15, 0.2) is 5.78 Å². The molecule has 0 aliphatic carbocycles. The van der Waals surface area contributed by atoms with Crippen molar-refractivity contribution in [2.24, 2.45) is 0 Å². The van der Waals surface area contributed by atoms with Crippen LogP contribution in [0.15, 0.2) is 46.9 Å². The van der Waals surface area contributed by atoms with E-state index in [-0.39, 0.29) is 5.78 Å². The van der Waals surface area contributed by atoms with E-state index in [4.69, 9.17) is 17.3 Å². The Morgan fingerprint density at radius 2 is 1.83 bits per heavy atom. The van der Waals surface area contributed by atoms with Crippen LogP contribution in [0.25, 0.3) is 0 Å². The van der Waals surface area contributed by atoms with Gasteiger partial charge in [-0.1, -0.05) is 28.1 Å². The van der Waals surface area contributed by atoms with Crippen LogP contribution in [0.3, 0.4) is 0 Å². The molecule has 0 unspecified atom stereocenters. The normalized spacial score (nSPS) is 10.3. The highest BCUT2D eigenvalue weighted by atomic mass is 79.9. The van der Waals surface area contributed by atoms with Crippen molar-refractivity contribution in [1.82, 2.24) is 0 Å². The van der Waals surface area contributed by atoms with Crippen molar-refractivity contribution in [3.63, 3.8) is 0 Å². The summed E-state index contributed by atoms with van der Waals surface area (Å²) in [5.74, 6) is 0.208. The van der Waals surface area contributed by atoms with Gasteiger partial charge in [-0.3, -0.25) is 4.79 Å². The van der Waals surface area contributed by atoms with E-state index in [1.54, 1.807) is 24.3 Å². The Balaban J connectivity index is 2.43. The smallest absolute Gasteiger partial charge is 0.195 e. The summed E-state index contributed by atoms with van der Waals surface area (Å²) in [6.45, 7) is 0. The molecule has 2 rings (SSSR count). The van der Waals surface area contributed by atoms with E-state index in [9.17, 15) is 4.79 Å². The number of hydrogen-bond donors (Lipinski definition) is 1. The van der Waals surface area contributed by atoms with Gasteiger partial charge in [0.25, 0.3) is 0 Å². The summed E-state index contributed by atoms with van der Waals surface area (Å²) in [7, 11) is 0. The molecule has 0 aliphatic heterocycles. The maximum atomic E-state index is 12.3. The van der Waals surface area contributed by atoms with Crippen molar-refractivity contribution in [2.75, 3.05) is 5.73 Å². The Morgan fingerprint density at radius 1 is 1.17 bits per heavy atom. The lowest BCUT2D eigenvalue weighted by atomic mass is 9.99. The highest BCUT2D eigenvalue weighted by molar-refractivity contribution is 9.10. The minimum atomic E-state index is -0.0908. The summed E-state index contributed by atoms with van der Waals surface area (Å²) in [6.07, 6.45) is 0. The molecule has 0 amide bonds. The number of nitrogen functional groups attached to an aromatic ring is 1. The molecule has 2 N–H and O–H groups in total. The molecule has 0 saturated carbocycles. The number of rotatable bonds is 3. The lowest BCUT2D eigenvalue weighted by Gasteiger charge is -2.08. The van der Waals surface area contributed by atoms with E-state index in [1.165, 1.54) is 0 Å². The van der Waals surface area contributed by atoms with E-state index >= 15 is 0 Å². The fraction of sp³-hybridized carbons (Fsp3) is 0.0714. The molecular weight excluding hydrogens is 314 g/mol. The number of carbonyl (C=O) groups is 1. The molecule has 0 spiro atoms. The Labute approximate surface area is 119 Å². The van der Waals surface area contributed by atoms with Gasteiger partial charge < -0.3 is 5.73 Å². The zero-order valence-electron chi connectivity index (χ0n) is 9.49. The fourth-order valence-electron chi connectivity index (χ4n) is 1.68. The van der Waals surface area contributed by atoms with Crippen molar-refractivity contribution in [3.8, 4) is 0 Å². The molecule has 0 radical (unpaired) electrons. The molecular formula is C14H11BrClNO. The standard InChI is InChI=1S/C14H11BrClNO/c15-11-6-4-9(5-7-11)14(18)12-3-1-2-10(8-16)13(12)17/h1-7H,8,17H2. The molecule has 0 aromatic heterocycles. The predicted octanol–water partition coefficient (Wildman–Crippen LogP) is 4.00. The number of hydrogen-bond acceptors (Lipinski definition) is 2. The second-order valence-corrected chi connectivity index (χ2v) is 5.03. The first-order valence-corrected chi connectivity index (χ1v) is 6.70. The highest BCUT2D eigenvalue weighted by Crippen LogP contribution is 2.23.